The smallest absolute Gasteiger partial charge is 0.0614 e. The monoisotopic (exact) mass is 429 g/mol. The zero-order valence-corrected chi connectivity index (χ0v) is 19.6. The van der Waals surface area contributed by atoms with Gasteiger partial charge in [-0.3, -0.25) is 0 Å². The first-order chi connectivity index (χ1) is 16.0. The fourth-order valence-electron chi connectivity index (χ4n) is 6.87. The van der Waals surface area contributed by atoms with E-state index in [9.17, 15) is 0 Å². The molecule has 164 valence electrons. The van der Waals surface area contributed by atoms with Crippen molar-refractivity contribution in [3.63, 3.8) is 0 Å². The minimum atomic E-state index is -0.202. The maximum atomic E-state index is 6.14. The van der Waals surface area contributed by atoms with Crippen LogP contribution < -0.4 is 5.73 Å². The van der Waals surface area contributed by atoms with Gasteiger partial charge >= 0.3 is 0 Å². The molecule has 0 aliphatic heterocycles. The summed E-state index contributed by atoms with van der Waals surface area (Å²) in [6.07, 6.45) is 13.3. The third-order valence-electron chi connectivity index (χ3n) is 8.06. The van der Waals surface area contributed by atoms with Crippen LogP contribution in [-0.2, 0) is 11.8 Å². The van der Waals surface area contributed by atoms with Crippen LogP contribution in [0.5, 0.6) is 0 Å². The van der Waals surface area contributed by atoms with Crippen molar-refractivity contribution in [3.05, 3.63) is 130 Å². The Morgan fingerprint density at radius 3 is 2.64 bits per heavy atom. The van der Waals surface area contributed by atoms with Gasteiger partial charge in [0.25, 0.3) is 0 Å². The number of fused-ring (bicyclic) bond motifs is 7. The van der Waals surface area contributed by atoms with Crippen molar-refractivity contribution < 1.29 is 0 Å². The maximum absolute atomic E-state index is 6.14. The van der Waals surface area contributed by atoms with Gasteiger partial charge in [0.05, 0.1) is 5.41 Å². The highest BCUT2D eigenvalue weighted by atomic mass is 14.6. The molecule has 2 unspecified atom stereocenters. The molecule has 4 aliphatic carbocycles. The number of allylic oxidation sites excluding steroid dienone is 11. The number of nitrogens with two attached hydrogens (primary N) is 1. The second-order valence-corrected chi connectivity index (χ2v) is 10.1. The van der Waals surface area contributed by atoms with Crippen LogP contribution in [0.2, 0.25) is 0 Å². The maximum Gasteiger partial charge on any atom is 0.0614 e. The van der Waals surface area contributed by atoms with Crippen molar-refractivity contribution in [1.82, 2.24) is 0 Å². The van der Waals surface area contributed by atoms with Crippen LogP contribution in [0.15, 0.2) is 107 Å². The molecule has 0 saturated carbocycles. The van der Waals surface area contributed by atoms with Crippen LogP contribution in [-0.4, -0.2) is 0 Å². The normalized spacial score (nSPS) is 27.1. The Labute approximate surface area is 197 Å². The third-order valence-corrected chi connectivity index (χ3v) is 8.06. The molecule has 0 heterocycles. The molecule has 0 amide bonds. The lowest BCUT2D eigenvalue weighted by molar-refractivity contribution is 0.537. The lowest BCUT2D eigenvalue weighted by Gasteiger charge is -2.46. The highest BCUT2D eigenvalue weighted by molar-refractivity contribution is 5.97. The number of aryl methyl sites for hydroxylation is 1. The molecule has 1 heteroatoms. The van der Waals surface area contributed by atoms with Crippen molar-refractivity contribution in [1.29, 1.82) is 0 Å². The van der Waals surface area contributed by atoms with Gasteiger partial charge in [0, 0.05) is 5.70 Å². The number of hydrogen-bond donors (Lipinski definition) is 1. The van der Waals surface area contributed by atoms with E-state index in [1.54, 1.807) is 11.1 Å². The first kappa shape index (κ1) is 20.3. The predicted octanol–water partition coefficient (Wildman–Crippen LogP) is 7.44. The van der Waals surface area contributed by atoms with Crippen molar-refractivity contribution in [2.75, 3.05) is 0 Å². The molecule has 1 nitrogen and oxygen atoms in total. The van der Waals surface area contributed by atoms with E-state index in [0.29, 0.717) is 5.92 Å². The van der Waals surface area contributed by atoms with Gasteiger partial charge in [-0.1, -0.05) is 80.3 Å². The SMILES string of the molecule is C=C1C/C(=C\C=C(/C)N)C2(C3=C(C4=C2C(C)CC=C4)c2ccccc2CC3)c2ccccc21. The van der Waals surface area contributed by atoms with Crippen LogP contribution in [0.3, 0.4) is 0 Å². The number of hydrogen-bond acceptors (Lipinski definition) is 1. The van der Waals surface area contributed by atoms with E-state index >= 15 is 0 Å². The zero-order chi connectivity index (χ0) is 22.7. The van der Waals surface area contributed by atoms with Gasteiger partial charge in [-0.2, -0.15) is 0 Å². The first-order valence-electron chi connectivity index (χ1n) is 12.2. The molecular weight excluding hydrogens is 398 g/mol. The minimum absolute atomic E-state index is 0.202. The molecule has 33 heavy (non-hydrogen) atoms. The number of benzene rings is 2. The van der Waals surface area contributed by atoms with E-state index in [0.717, 1.165) is 31.4 Å². The van der Waals surface area contributed by atoms with Crippen LogP contribution in [0.1, 0.15) is 55.4 Å². The average Bonchev–Trinajstić information content (AvgIpc) is 3.13. The fraction of sp³-hybridized carbons (Fsp3) is 0.250. The molecule has 6 rings (SSSR count). The summed E-state index contributed by atoms with van der Waals surface area (Å²) < 4.78 is 0. The Morgan fingerprint density at radius 2 is 1.82 bits per heavy atom. The molecule has 4 aliphatic rings. The molecular formula is C32H31N. The number of rotatable bonds is 1. The Hall–Kier alpha value is -3.32. The molecule has 0 bridgehead atoms. The van der Waals surface area contributed by atoms with E-state index in [1.165, 1.54) is 44.5 Å². The largest absolute Gasteiger partial charge is 0.402 e. The average molecular weight is 430 g/mol. The van der Waals surface area contributed by atoms with Crippen molar-refractivity contribution in [3.8, 4) is 0 Å². The van der Waals surface area contributed by atoms with Crippen molar-refractivity contribution in [2.45, 2.75) is 44.9 Å². The minimum Gasteiger partial charge on any atom is -0.402 e. The summed E-state index contributed by atoms with van der Waals surface area (Å²) >= 11 is 0. The molecule has 1 spiro atoms. The molecule has 2 aromatic carbocycles. The van der Waals surface area contributed by atoms with Gasteiger partial charge in [-0.05, 0) is 100 Å². The highest BCUT2D eigenvalue weighted by Crippen LogP contribution is 2.65. The van der Waals surface area contributed by atoms with Crippen molar-refractivity contribution in [2.24, 2.45) is 11.7 Å². The van der Waals surface area contributed by atoms with E-state index in [2.05, 4.69) is 86.3 Å². The zero-order valence-electron chi connectivity index (χ0n) is 19.6. The Bertz CT molecular complexity index is 1350. The lowest BCUT2D eigenvalue weighted by Crippen LogP contribution is -2.38. The first-order valence-corrected chi connectivity index (χ1v) is 12.2. The van der Waals surface area contributed by atoms with Gasteiger partial charge in [0.1, 0.15) is 0 Å². The van der Waals surface area contributed by atoms with E-state index in [1.807, 2.05) is 6.92 Å². The summed E-state index contributed by atoms with van der Waals surface area (Å²) in [4.78, 5) is 0. The summed E-state index contributed by atoms with van der Waals surface area (Å²) in [5, 5.41) is 0. The summed E-state index contributed by atoms with van der Waals surface area (Å²) in [5.41, 5.74) is 21.2. The highest BCUT2D eigenvalue weighted by Gasteiger charge is 2.54. The van der Waals surface area contributed by atoms with Crippen LogP contribution >= 0.6 is 0 Å². The molecule has 2 N–H and O–H groups in total. The van der Waals surface area contributed by atoms with Gasteiger partial charge < -0.3 is 5.73 Å². The topological polar surface area (TPSA) is 26.0 Å². The van der Waals surface area contributed by atoms with E-state index < -0.39 is 0 Å². The van der Waals surface area contributed by atoms with Crippen LogP contribution in [0.25, 0.3) is 11.1 Å². The standard InChI is InChI=1S/C32H31N/c1-20-9-8-13-27-30-26-12-5-4-10-23(26)16-18-29(30)32(31(20)27)24(17-15-22(3)33)19-21(2)25-11-6-7-14-28(25)32/h4-8,10-15,17,20H,2,9,16,18-19,33H2,1,3H3/b22-15+,24-17+. The predicted molar refractivity (Wildman–Crippen MR) is 139 cm³/mol. The molecule has 0 aromatic heterocycles. The van der Waals surface area contributed by atoms with Gasteiger partial charge in [-0.15, -0.1) is 0 Å². The summed E-state index contributed by atoms with van der Waals surface area (Å²) in [7, 11) is 0. The molecule has 2 atom stereocenters. The second kappa shape index (κ2) is 7.35. The summed E-state index contributed by atoms with van der Waals surface area (Å²) in [5.74, 6) is 0.480. The van der Waals surface area contributed by atoms with Crippen LogP contribution in [0.4, 0.5) is 0 Å². The Balaban J connectivity index is 1.78. The molecule has 0 saturated heterocycles. The molecule has 2 aromatic rings. The van der Waals surface area contributed by atoms with Gasteiger partial charge in [-0.25, -0.2) is 0 Å². The van der Waals surface area contributed by atoms with Gasteiger partial charge in [0.15, 0.2) is 0 Å². The molecule has 0 radical (unpaired) electrons. The second-order valence-electron chi connectivity index (χ2n) is 10.1. The van der Waals surface area contributed by atoms with Gasteiger partial charge in [0.2, 0.25) is 0 Å². The van der Waals surface area contributed by atoms with E-state index in [-0.39, 0.29) is 5.41 Å². The quantitative estimate of drug-likeness (QED) is 0.501. The fourth-order valence-corrected chi connectivity index (χ4v) is 6.87. The van der Waals surface area contributed by atoms with E-state index in [4.69, 9.17) is 5.73 Å². The molecule has 0 fully saturated rings. The third kappa shape index (κ3) is 2.72. The lowest BCUT2D eigenvalue weighted by atomic mass is 9.56. The Morgan fingerprint density at radius 1 is 1.06 bits per heavy atom. The Kier molecular flexibility index (Phi) is 4.52. The summed E-state index contributed by atoms with van der Waals surface area (Å²) in [6, 6.07) is 18.0. The van der Waals surface area contributed by atoms with Crippen LogP contribution in [0, 0.1) is 5.92 Å². The van der Waals surface area contributed by atoms with Crippen molar-refractivity contribution >= 4 is 11.1 Å². The summed E-state index contributed by atoms with van der Waals surface area (Å²) in [6.45, 7) is 8.90.